The summed E-state index contributed by atoms with van der Waals surface area (Å²) in [6, 6.07) is 5.46. The van der Waals surface area contributed by atoms with Gasteiger partial charge < -0.3 is 79.5 Å². The minimum Gasteiger partial charge on any atom is -0.504 e. The van der Waals surface area contributed by atoms with Gasteiger partial charge in [0.15, 0.2) is 40.8 Å². The van der Waals surface area contributed by atoms with Crippen LogP contribution in [0, 0.1) is 0 Å². The lowest BCUT2D eigenvalue weighted by Crippen LogP contribution is -2.65. The van der Waals surface area contributed by atoms with E-state index in [4.69, 9.17) is 23.4 Å². The number of phenolic OH excluding ortho intramolecular Hbond substituents is 4. The van der Waals surface area contributed by atoms with Crippen LogP contribution in [0.15, 0.2) is 39.5 Å². The Morgan fingerprint density at radius 1 is 0.705 bits per heavy atom. The summed E-state index contributed by atoms with van der Waals surface area (Å²) < 4.78 is 27.5. The second kappa shape index (κ2) is 12.3. The molecule has 240 valence electrons. The van der Waals surface area contributed by atoms with Crippen molar-refractivity contribution in [2.24, 2.45) is 0 Å². The van der Waals surface area contributed by atoms with Crippen LogP contribution >= 0.6 is 0 Å². The van der Waals surface area contributed by atoms with Crippen LogP contribution in [0.1, 0.15) is 0 Å². The van der Waals surface area contributed by atoms with Gasteiger partial charge in [-0.15, -0.1) is 0 Å². The number of aliphatic hydroxyl groups is 7. The van der Waals surface area contributed by atoms with E-state index >= 15 is 0 Å². The van der Waals surface area contributed by atoms with Gasteiger partial charge in [-0.25, -0.2) is 0 Å². The molecule has 3 aromatic rings. The zero-order chi connectivity index (χ0) is 32.0. The monoisotopic (exact) mass is 626 g/mol. The smallest absolute Gasteiger partial charge is 0.230 e. The number of hydrogen-bond donors (Lipinski definition) is 11. The predicted octanol–water partition coefficient (Wildman–Crippen LogP) is -2.71. The zero-order valence-electron chi connectivity index (χ0n) is 22.4. The third-order valence-corrected chi connectivity index (χ3v) is 7.39. The van der Waals surface area contributed by atoms with Crippen molar-refractivity contribution >= 4 is 11.0 Å². The fourth-order valence-electron chi connectivity index (χ4n) is 4.95. The average molecular weight is 627 g/mol. The van der Waals surface area contributed by atoms with E-state index in [2.05, 4.69) is 0 Å². The van der Waals surface area contributed by atoms with Gasteiger partial charge in [0.2, 0.25) is 12.0 Å². The normalized spacial score (nSPS) is 32.5. The molecule has 0 radical (unpaired) electrons. The first-order chi connectivity index (χ1) is 20.9. The number of benzene rings is 2. The number of phenols is 4. The summed E-state index contributed by atoms with van der Waals surface area (Å²) in [6.07, 6.45) is -17.8. The number of ether oxygens (including phenoxy) is 4. The fourth-order valence-corrected chi connectivity index (χ4v) is 4.95. The largest absolute Gasteiger partial charge is 0.504 e. The van der Waals surface area contributed by atoms with Crippen molar-refractivity contribution in [3.05, 3.63) is 40.6 Å². The second-order valence-corrected chi connectivity index (χ2v) is 10.2. The number of aromatic hydroxyl groups is 4. The van der Waals surface area contributed by atoms with Crippen molar-refractivity contribution < 1.29 is 79.5 Å². The molecule has 2 aliphatic heterocycles. The second-order valence-electron chi connectivity index (χ2n) is 10.2. The number of rotatable bonds is 7. The molecule has 2 saturated heterocycles. The minimum absolute atomic E-state index is 0.100. The lowest BCUT2D eigenvalue weighted by Gasteiger charge is -2.45. The summed E-state index contributed by atoms with van der Waals surface area (Å²) in [6.45, 7) is -1.65. The van der Waals surface area contributed by atoms with Crippen molar-refractivity contribution in [2.75, 3.05) is 13.2 Å². The van der Waals surface area contributed by atoms with Crippen molar-refractivity contribution in [3.8, 4) is 40.1 Å². The minimum atomic E-state index is -1.95. The Morgan fingerprint density at radius 2 is 1.34 bits per heavy atom. The third-order valence-electron chi connectivity index (χ3n) is 7.39. The van der Waals surface area contributed by atoms with Crippen LogP contribution in [-0.4, -0.2) is 131 Å². The standard InChI is InChI=1S/C27H30O17/c28-6-15-18(34)21(37)23(39)26(41-15)44-25-22(38)19(35)16(7-29)42-27(25)43-24-12(33)5-14-17(20(24)36)11(32)4-13(40-14)8-1-2-9(30)10(31)3-8/h1-5,15-16,18-19,21-23,25-31,33-39H,6-7H2/t15-,16-,18-,19-,21+,22+,23+,25-,26-,27+/m1/s1. The molecule has 11 N–H and O–H groups in total. The highest BCUT2D eigenvalue weighted by molar-refractivity contribution is 5.89. The molecule has 2 fully saturated rings. The Bertz CT molecular complexity index is 1560. The Labute approximate surface area is 246 Å². The molecule has 2 aliphatic rings. The zero-order valence-corrected chi connectivity index (χ0v) is 22.4. The molecule has 44 heavy (non-hydrogen) atoms. The first-order valence-electron chi connectivity index (χ1n) is 13.2. The number of hydrogen-bond acceptors (Lipinski definition) is 17. The summed E-state index contributed by atoms with van der Waals surface area (Å²) in [4.78, 5) is 13.0. The topological polar surface area (TPSA) is 290 Å². The maximum Gasteiger partial charge on any atom is 0.230 e. The first kappa shape index (κ1) is 31.7. The van der Waals surface area contributed by atoms with E-state index in [1.54, 1.807) is 0 Å². The maximum atomic E-state index is 13.0. The fraction of sp³-hybridized carbons (Fsp3) is 0.444. The summed E-state index contributed by atoms with van der Waals surface area (Å²) >= 11 is 0. The van der Waals surface area contributed by atoms with Gasteiger partial charge in [-0.1, -0.05) is 0 Å². The summed E-state index contributed by atoms with van der Waals surface area (Å²) in [5, 5.41) is 111. The molecule has 3 heterocycles. The quantitative estimate of drug-likeness (QED) is 0.119. The van der Waals surface area contributed by atoms with Crippen LogP contribution in [0.4, 0.5) is 0 Å². The molecule has 10 atom stereocenters. The summed E-state index contributed by atoms with van der Waals surface area (Å²) in [5.41, 5.74) is -0.992. The molecule has 17 heteroatoms. The van der Waals surface area contributed by atoms with E-state index in [9.17, 15) is 61.0 Å². The van der Waals surface area contributed by atoms with Crippen LogP contribution in [-0.2, 0) is 14.2 Å². The van der Waals surface area contributed by atoms with E-state index in [1.807, 2.05) is 0 Å². The van der Waals surface area contributed by atoms with Gasteiger partial charge in [0.25, 0.3) is 0 Å². The van der Waals surface area contributed by atoms with Crippen molar-refractivity contribution in [3.63, 3.8) is 0 Å². The van der Waals surface area contributed by atoms with Crippen LogP contribution in [0.2, 0.25) is 0 Å². The summed E-state index contributed by atoms with van der Waals surface area (Å²) in [7, 11) is 0. The first-order valence-corrected chi connectivity index (χ1v) is 13.2. The average Bonchev–Trinajstić information content (AvgIpc) is 2.99. The van der Waals surface area contributed by atoms with Gasteiger partial charge in [-0.05, 0) is 18.2 Å². The van der Waals surface area contributed by atoms with E-state index in [-0.39, 0.29) is 16.9 Å². The van der Waals surface area contributed by atoms with E-state index in [0.717, 1.165) is 24.3 Å². The Hall–Kier alpha value is -3.75. The molecule has 0 unspecified atom stereocenters. The van der Waals surface area contributed by atoms with Gasteiger partial charge >= 0.3 is 0 Å². The highest BCUT2D eigenvalue weighted by atomic mass is 16.8. The van der Waals surface area contributed by atoms with Crippen LogP contribution in [0.5, 0.6) is 28.7 Å². The lowest BCUT2D eigenvalue weighted by molar-refractivity contribution is -0.358. The van der Waals surface area contributed by atoms with Crippen LogP contribution in [0.3, 0.4) is 0 Å². The van der Waals surface area contributed by atoms with Gasteiger partial charge in [0, 0.05) is 17.7 Å². The van der Waals surface area contributed by atoms with E-state index in [0.29, 0.717) is 0 Å². The van der Waals surface area contributed by atoms with E-state index < -0.39 is 114 Å². The highest BCUT2D eigenvalue weighted by Gasteiger charge is 2.51. The molecule has 0 saturated carbocycles. The molecule has 0 bridgehead atoms. The Balaban J connectivity index is 1.50. The summed E-state index contributed by atoms with van der Waals surface area (Å²) in [5.74, 6) is -3.58. The Kier molecular flexibility index (Phi) is 8.87. The maximum absolute atomic E-state index is 13.0. The molecule has 5 rings (SSSR count). The number of fused-ring (bicyclic) bond motifs is 1. The Morgan fingerprint density at radius 3 is 1.98 bits per heavy atom. The van der Waals surface area contributed by atoms with Crippen molar-refractivity contribution in [1.82, 2.24) is 0 Å². The molecule has 1 aromatic heterocycles. The van der Waals surface area contributed by atoms with Gasteiger partial charge in [-0.2, -0.15) is 0 Å². The SMILES string of the molecule is O=c1cc(-c2ccc(O)c(O)c2)oc2cc(O)c(O[C@@H]3O[C@H](CO)[C@@H](O)[C@H](O)[C@H]3O[C@H]3O[C@H](CO)[C@@H](O)[C@H](O)[C@@H]3O)c(O)c12. The lowest BCUT2D eigenvalue weighted by atomic mass is 9.97. The molecule has 2 aromatic carbocycles. The van der Waals surface area contributed by atoms with E-state index in [1.165, 1.54) is 6.07 Å². The number of aliphatic hydroxyl groups excluding tert-OH is 7. The molecule has 0 aliphatic carbocycles. The third kappa shape index (κ3) is 5.61. The van der Waals surface area contributed by atoms with Crippen LogP contribution < -0.4 is 10.2 Å². The van der Waals surface area contributed by atoms with Crippen molar-refractivity contribution in [1.29, 1.82) is 0 Å². The molecule has 0 amide bonds. The molecular formula is C27H30O17. The molecule has 0 spiro atoms. The van der Waals surface area contributed by atoms with Gasteiger partial charge in [-0.3, -0.25) is 4.79 Å². The molecular weight excluding hydrogens is 596 g/mol. The van der Waals surface area contributed by atoms with Crippen molar-refractivity contribution in [2.45, 2.75) is 61.4 Å². The predicted molar refractivity (Wildman–Crippen MR) is 142 cm³/mol. The van der Waals surface area contributed by atoms with Gasteiger partial charge in [0.1, 0.15) is 59.5 Å². The molecule has 17 nitrogen and oxygen atoms in total. The highest BCUT2D eigenvalue weighted by Crippen LogP contribution is 2.44. The van der Waals surface area contributed by atoms with Crippen LogP contribution in [0.25, 0.3) is 22.3 Å². The van der Waals surface area contributed by atoms with Gasteiger partial charge in [0.05, 0.1) is 13.2 Å².